The van der Waals surface area contributed by atoms with Crippen molar-refractivity contribution in [2.24, 2.45) is 0 Å². The highest BCUT2D eigenvalue weighted by Gasteiger charge is 2.16. The zero-order valence-electron chi connectivity index (χ0n) is 12.3. The van der Waals surface area contributed by atoms with Gasteiger partial charge in [-0.15, -0.1) is 5.10 Å². The van der Waals surface area contributed by atoms with E-state index in [2.05, 4.69) is 15.6 Å². The van der Waals surface area contributed by atoms with Gasteiger partial charge in [-0.1, -0.05) is 11.3 Å². The molecule has 0 saturated heterocycles. The highest BCUT2D eigenvalue weighted by atomic mass is 16.6. The maximum atomic E-state index is 12.1. The van der Waals surface area contributed by atoms with E-state index < -0.39 is 4.92 Å². The van der Waals surface area contributed by atoms with E-state index in [0.29, 0.717) is 18.8 Å². The van der Waals surface area contributed by atoms with Crippen molar-refractivity contribution in [3.05, 3.63) is 46.3 Å². The minimum atomic E-state index is -0.488. The predicted molar refractivity (Wildman–Crippen MR) is 78.9 cm³/mol. The van der Waals surface area contributed by atoms with Crippen molar-refractivity contribution >= 4 is 11.6 Å². The molecule has 1 amide bonds. The summed E-state index contributed by atoms with van der Waals surface area (Å²) < 4.78 is 1.34. The molecule has 0 saturated carbocycles. The average Bonchev–Trinajstić information content (AvgIpc) is 3.01. The Morgan fingerprint density at radius 2 is 2.27 bits per heavy atom. The van der Waals surface area contributed by atoms with E-state index in [1.54, 1.807) is 26.2 Å². The number of non-ortho nitro benzene ring substituents is 1. The number of carbonyl (C=O) groups excluding carboxylic acids is 1. The van der Waals surface area contributed by atoms with Gasteiger partial charge < -0.3 is 10.2 Å². The summed E-state index contributed by atoms with van der Waals surface area (Å²) in [6.07, 6.45) is 1.46. The molecule has 0 aliphatic carbocycles. The number of amides is 1. The molecule has 1 aromatic heterocycles. The Balaban J connectivity index is 2.19. The first kappa shape index (κ1) is 15.6. The Kier molecular flexibility index (Phi) is 4.79. The van der Waals surface area contributed by atoms with E-state index in [4.69, 9.17) is 0 Å². The topological polar surface area (TPSA) is 106 Å². The van der Waals surface area contributed by atoms with Gasteiger partial charge in [0.15, 0.2) is 5.69 Å². The van der Waals surface area contributed by atoms with Crippen LogP contribution in [0.2, 0.25) is 0 Å². The zero-order chi connectivity index (χ0) is 16.1. The number of aromatic nitrogens is 3. The highest BCUT2D eigenvalue weighted by molar-refractivity contribution is 5.91. The number of nitrogens with one attached hydrogen (secondary N) is 1. The van der Waals surface area contributed by atoms with Crippen molar-refractivity contribution in [2.75, 3.05) is 27.2 Å². The van der Waals surface area contributed by atoms with Crippen LogP contribution in [0.15, 0.2) is 30.5 Å². The molecule has 0 aliphatic heterocycles. The Morgan fingerprint density at radius 1 is 1.50 bits per heavy atom. The van der Waals surface area contributed by atoms with Gasteiger partial charge in [0.25, 0.3) is 11.6 Å². The summed E-state index contributed by atoms with van der Waals surface area (Å²) in [5, 5.41) is 21.4. The maximum absolute atomic E-state index is 12.1. The zero-order valence-corrected chi connectivity index (χ0v) is 12.3. The summed E-state index contributed by atoms with van der Waals surface area (Å²) in [6.45, 7) is 1.21. The first-order chi connectivity index (χ1) is 10.5. The molecule has 2 rings (SSSR count). The maximum Gasteiger partial charge on any atom is 0.275 e. The third kappa shape index (κ3) is 3.44. The Labute approximate surface area is 126 Å². The summed E-state index contributed by atoms with van der Waals surface area (Å²) in [6, 6.07) is 5.96. The van der Waals surface area contributed by atoms with Crippen LogP contribution in [0.1, 0.15) is 10.5 Å². The van der Waals surface area contributed by atoms with Crippen molar-refractivity contribution < 1.29 is 9.72 Å². The molecule has 1 heterocycles. The molecule has 0 unspecified atom stereocenters. The van der Waals surface area contributed by atoms with Crippen LogP contribution in [-0.2, 0) is 0 Å². The molecule has 116 valence electrons. The number of carbonyl (C=O) groups is 1. The lowest BCUT2D eigenvalue weighted by atomic mass is 10.3. The van der Waals surface area contributed by atoms with Crippen LogP contribution in [0.4, 0.5) is 5.69 Å². The number of likely N-dealkylation sites (N-methyl/N-ethyl adjacent to an activating group) is 2. The number of hydrogen-bond donors (Lipinski definition) is 1. The molecular weight excluding hydrogens is 288 g/mol. The SMILES string of the molecule is CNCCN(C)C(=O)c1cn(-c2cccc([N+](=O)[O-])c2)nn1. The average molecular weight is 304 g/mol. The quantitative estimate of drug-likeness (QED) is 0.614. The second-order valence-corrected chi connectivity index (χ2v) is 4.66. The number of hydrogen-bond acceptors (Lipinski definition) is 6. The molecular formula is C13H16N6O3. The number of rotatable bonds is 6. The lowest BCUT2D eigenvalue weighted by molar-refractivity contribution is -0.384. The second kappa shape index (κ2) is 6.76. The van der Waals surface area contributed by atoms with E-state index in [1.807, 2.05) is 0 Å². The van der Waals surface area contributed by atoms with Crippen molar-refractivity contribution in [2.45, 2.75) is 0 Å². The lowest BCUT2D eigenvalue weighted by Gasteiger charge is -2.14. The van der Waals surface area contributed by atoms with E-state index in [-0.39, 0.29) is 17.3 Å². The summed E-state index contributed by atoms with van der Waals surface area (Å²) in [7, 11) is 3.48. The van der Waals surface area contributed by atoms with Gasteiger partial charge in [0.05, 0.1) is 16.8 Å². The molecule has 22 heavy (non-hydrogen) atoms. The van der Waals surface area contributed by atoms with Crippen LogP contribution in [0.25, 0.3) is 5.69 Å². The monoisotopic (exact) mass is 304 g/mol. The first-order valence-corrected chi connectivity index (χ1v) is 6.60. The van der Waals surface area contributed by atoms with Crippen LogP contribution in [-0.4, -0.2) is 57.9 Å². The molecule has 0 radical (unpaired) electrons. The molecule has 0 fully saturated rings. The summed E-state index contributed by atoms with van der Waals surface area (Å²) >= 11 is 0. The lowest BCUT2D eigenvalue weighted by Crippen LogP contribution is -2.33. The molecule has 0 aliphatic rings. The summed E-state index contributed by atoms with van der Waals surface area (Å²) in [5.41, 5.74) is 0.607. The van der Waals surface area contributed by atoms with E-state index in [0.717, 1.165) is 0 Å². The number of nitro benzene ring substituents is 1. The number of nitrogens with zero attached hydrogens (tertiary/aromatic N) is 5. The summed E-state index contributed by atoms with van der Waals surface area (Å²) in [5.74, 6) is -0.257. The third-order valence-electron chi connectivity index (χ3n) is 3.06. The van der Waals surface area contributed by atoms with Crippen LogP contribution in [0, 0.1) is 10.1 Å². The molecule has 9 heteroatoms. The first-order valence-electron chi connectivity index (χ1n) is 6.60. The van der Waals surface area contributed by atoms with Gasteiger partial charge in [0, 0.05) is 32.3 Å². The van der Waals surface area contributed by atoms with Crippen LogP contribution in [0.5, 0.6) is 0 Å². The molecule has 0 spiro atoms. The standard InChI is InChI=1S/C13H16N6O3/c1-14-6-7-17(2)13(20)12-9-18(16-15-12)10-4-3-5-11(8-10)19(21)22/h3-5,8-9,14H,6-7H2,1-2H3. The largest absolute Gasteiger partial charge is 0.339 e. The van der Waals surface area contributed by atoms with Crippen LogP contribution >= 0.6 is 0 Å². The van der Waals surface area contributed by atoms with Crippen molar-refractivity contribution in [1.29, 1.82) is 0 Å². The predicted octanol–water partition coefficient (Wildman–Crippen LogP) is 0.467. The van der Waals surface area contributed by atoms with Gasteiger partial charge in [-0.25, -0.2) is 4.68 Å². The molecule has 2 aromatic rings. The minimum absolute atomic E-state index is 0.0491. The molecule has 1 aromatic carbocycles. The molecule has 0 atom stereocenters. The smallest absolute Gasteiger partial charge is 0.275 e. The number of nitro groups is 1. The fraction of sp³-hybridized carbons (Fsp3) is 0.308. The van der Waals surface area contributed by atoms with Crippen molar-refractivity contribution in [1.82, 2.24) is 25.2 Å². The van der Waals surface area contributed by atoms with E-state index in [9.17, 15) is 14.9 Å². The summed E-state index contributed by atoms with van der Waals surface area (Å²) in [4.78, 5) is 24.0. The van der Waals surface area contributed by atoms with E-state index >= 15 is 0 Å². The fourth-order valence-corrected chi connectivity index (χ4v) is 1.81. The molecule has 1 N–H and O–H groups in total. The van der Waals surface area contributed by atoms with Crippen LogP contribution in [0.3, 0.4) is 0 Å². The van der Waals surface area contributed by atoms with Crippen molar-refractivity contribution in [3.8, 4) is 5.69 Å². The van der Waals surface area contributed by atoms with Gasteiger partial charge >= 0.3 is 0 Å². The van der Waals surface area contributed by atoms with E-state index in [1.165, 1.54) is 27.9 Å². The normalized spacial score (nSPS) is 10.5. The van der Waals surface area contributed by atoms with Gasteiger partial charge in [0.2, 0.25) is 0 Å². The van der Waals surface area contributed by atoms with Gasteiger partial charge in [-0.2, -0.15) is 0 Å². The van der Waals surface area contributed by atoms with Gasteiger partial charge in [-0.3, -0.25) is 14.9 Å². The fourth-order valence-electron chi connectivity index (χ4n) is 1.81. The Hall–Kier alpha value is -2.81. The van der Waals surface area contributed by atoms with Crippen LogP contribution < -0.4 is 5.32 Å². The Bertz CT molecular complexity index is 684. The minimum Gasteiger partial charge on any atom is -0.339 e. The second-order valence-electron chi connectivity index (χ2n) is 4.66. The number of benzene rings is 1. The third-order valence-corrected chi connectivity index (χ3v) is 3.06. The van der Waals surface area contributed by atoms with Crippen molar-refractivity contribution in [3.63, 3.8) is 0 Å². The molecule has 9 nitrogen and oxygen atoms in total. The van der Waals surface area contributed by atoms with Gasteiger partial charge in [-0.05, 0) is 13.1 Å². The molecule has 0 bridgehead atoms. The Morgan fingerprint density at radius 3 is 2.95 bits per heavy atom. The highest BCUT2D eigenvalue weighted by Crippen LogP contribution is 2.16. The van der Waals surface area contributed by atoms with Gasteiger partial charge in [0.1, 0.15) is 0 Å².